The molecule has 0 aromatic heterocycles. The molecule has 2 atom stereocenters. The number of carbonyl (C=O) groups excluding carboxylic acids is 5. The molecule has 1 amide bonds. The smallest absolute Gasteiger partial charge is 0.410 e. The van der Waals surface area contributed by atoms with Crippen molar-refractivity contribution in [2.24, 2.45) is 11.8 Å². The number of halogens is 1. The minimum absolute atomic E-state index is 0. The molecule has 172 valence electrons. The number of rotatable bonds is 2. The second kappa shape index (κ2) is 12.5. The maximum atomic E-state index is 11.8. The summed E-state index contributed by atoms with van der Waals surface area (Å²) in [5.41, 5.74) is -0.598. The lowest BCUT2D eigenvalue weighted by molar-refractivity contribution is -0.152. The fraction of sp³-hybridized carbons (Fsp3) is 0.737. The van der Waals surface area contributed by atoms with E-state index >= 15 is 0 Å². The fourth-order valence-electron chi connectivity index (χ4n) is 2.78. The van der Waals surface area contributed by atoms with Crippen LogP contribution in [0, 0.1) is 11.8 Å². The van der Waals surface area contributed by atoms with Crippen molar-refractivity contribution in [3.63, 3.8) is 0 Å². The monoisotopic (exact) mass is 450 g/mol. The summed E-state index contributed by atoms with van der Waals surface area (Å²) in [6.07, 6.45) is 0.0718. The van der Waals surface area contributed by atoms with Gasteiger partial charge in [0.05, 0.1) is 14.2 Å². The summed E-state index contributed by atoms with van der Waals surface area (Å²) < 4.78 is 14.2. The first-order valence-electron chi connectivity index (χ1n) is 9.40. The molecule has 0 aromatic rings. The van der Waals surface area contributed by atoms with Gasteiger partial charge in [-0.15, -0.1) is 12.4 Å². The number of amides is 1. The highest BCUT2D eigenvalue weighted by Crippen LogP contribution is 2.18. The summed E-state index contributed by atoms with van der Waals surface area (Å²) in [5.74, 6) is -2.71. The molecule has 2 aliphatic heterocycles. The Morgan fingerprint density at radius 1 is 0.967 bits per heavy atom. The lowest BCUT2D eigenvalue weighted by atomic mass is 9.97. The van der Waals surface area contributed by atoms with Gasteiger partial charge in [-0.05, 0) is 20.8 Å². The summed E-state index contributed by atoms with van der Waals surface area (Å²) in [6.45, 7) is 6.69. The zero-order valence-electron chi connectivity index (χ0n) is 18.0. The second-order valence-electron chi connectivity index (χ2n) is 7.71. The molecular formula is C19H31ClN2O8. The van der Waals surface area contributed by atoms with Crippen LogP contribution in [0.25, 0.3) is 0 Å². The van der Waals surface area contributed by atoms with Crippen molar-refractivity contribution < 1.29 is 38.2 Å². The first kappa shape index (κ1) is 27.8. The van der Waals surface area contributed by atoms with E-state index < -0.39 is 35.5 Å². The quantitative estimate of drug-likeness (QED) is 0.368. The van der Waals surface area contributed by atoms with Crippen LogP contribution in [0.3, 0.4) is 0 Å². The Balaban J connectivity index is 0.000000603. The Morgan fingerprint density at radius 3 is 2.00 bits per heavy atom. The van der Waals surface area contributed by atoms with E-state index in [9.17, 15) is 24.0 Å². The van der Waals surface area contributed by atoms with Crippen LogP contribution >= 0.6 is 12.4 Å². The molecule has 0 saturated carbocycles. The van der Waals surface area contributed by atoms with E-state index in [0.717, 1.165) is 0 Å². The molecule has 2 fully saturated rings. The van der Waals surface area contributed by atoms with E-state index in [0.29, 0.717) is 19.5 Å². The van der Waals surface area contributed by atoms with Gasteiger partial charge < -0.3 is 24.4 Å². The molecular weight excluding hydrogens is 420 g/mol. The molecule has 2 saturated heterocycles. The molecule has 0 bridgehead atoms. The molecule has 11 heteroatoms. The number of Topliss-reactive ketones (excluding diaryl/α,β-unsaturated/α-hetero) is 2. The van der Waals surface area contributed by atoms with Crippen LogP contribution in [-0.2, 0) is 33.4 Å². The number of likely N-dealkylation sites (tertiary alicyclic amines) is 1. The number of ether oxygens (including phenoxy) is 3. The number of piperidine rings is 2. The van der Waals surface area contributed by atoms with Gasteiger partial charge in [0.1, 0.15) is 23.2 Å². The van der Waals surface area contributed by atoms with Gasteiger partial charge in [-0.2, -0.15) is 0 Å². The average Bonchev–Trinajstić information content (AvgIpc) is 2.66. The largest absolute Gasteiger partial charge is 0.468 e. The van der Waals surface area contributed by atoms with Crippen molar-refractivity contribution >= 4 is 42.0 Å². The lowest BCUT2D eigenvalue weighted by Gasteiger charge is -2.32. The Labute approximate surface area is 182 Å². The lowest BCUT2D eigenvalue weighted by Crippen LogP contribution is -2.48. The van der Waals surface area contributed by atoms with Gasteiger partial charge in [0.25, 0.3) is 0 Å². The van der Waals surface area contributed by atoms with Gasteiger partial charge in [0.15, 0.2) is 5.78 Å². The zero-order valence-corrected chi connectivity index (χ0v) is 18.8. The minimum atomic E-state index is -0.892. The van der Waals surface area contributed by atoms with Crippen LogP contribution < -0.4 is 5.32 Å². The number of hydrogen-bond donors (Lipinski definition) is 1. The molecule has 2 rings (SSSR count). The Hall–Kier alpha value is -2.20. The van der Waals surface area contributed by atoms with Crippen LogP contribution in [0.15, 0.2) is 0 Å². The van der Waals surface area contributed by atoms with E-state index in [2.05, 4.69) is 14.8 Å². The van der Waals surface area contributed by atoms with Gasteiger partial charge >= 0.3 is 18.0 Å². The van der Waals surface area contributed by atoms with Crippen molar-refractivity contribution in [1.29, 1.82) is 0 Å². The molecule has 1 N–H and O–H groups in total. The first-order valence-corrected chi connectivity index (χ1v) is 9.40. The predicted octanol–water partition coefficient (Wildman–Crippen LogP) is 0.745. The van der Waals surface area contributed by atoms with Gasteiger partial charge in [-0.1, -0.05) is 0 Å². The average molecular weight is 451 g/mol. The summed E-state index contributed by atoms with van der Waals surface area (Å²) in [5, 5.41) is 2.96. The molecule has 30 heavy (non-hydrogen) atoms. The third kappa shape index (κ3) is 8.66. The third-order valence-corrected chi connectivity index (χ3v) is 4.33. The van der Waals surface area contributed by atoms with Crippen molar-refractivity contribution in [2.75, 3.05) is 40.4 Å². The molecule has 0 aliphatic carbocycles. The SMILES string of the molecule is COC(=O)C1CN(C(=O)OC(C)(C)C)CCC1=O.COC(=O)C1CNCCC1=O.Cl. The second-order valence-corrected chi connectivity index (χ2v) is 7.71. The molecule has 0 aromatic carbocycles. The maximum absolute atomic E-state index is 11.8. The van der Waals surface area contributed by atoms with Crippen LogP contribution in [0.5, 0.6) is 0 Å². The van der Waals surface area contributed by atoms with Gasteiger partial charge in [0.2, 0.25) is 0 Å². The molecule has 2 heterocycles. The number of methoxy groups -OCH3 is 2. The highest BCUT2D eigenvalue weighted by atomic mass is 35.5. The standard InChI is InChI=1S/C12H19NO5.C7H11NO3.ClH/c1-12(2,3)18-11(16)13-6-5-9(14)8(7-13)10(15)17-4;1-11-7(10)5-4-8-3-2-6(5)9;/h8H,5-7H2,1-4H3;5,8H,2-4H2,1H3;1H. The zero-order chi connectivity index (χ0) is 22.2. The minimum Gasteiger partial charge on any atom is -0.468 e. The van der Waals surface area contributed by atoms with Crippen molar-refractivity contribution in [3.8, 4) is 0 Å². The third-order valence-electron chi connectivity index (χ3n) is 4.33. The van der Waals surface area contributed by atoms with Crippen molar-refractivity contribution in [3.05, 3.63) is 0 Å². The Bertz CT molecular complexity index is 631. The number of esters is 2. The summed E-state index contributed by atoms with van der Waals surface area (Å²) in [4.78, 5) is 58.1. The summed E-state index contributed by atoms with van der Waals surface area (Å²) in [6, 6.07) is 0. The van der Waals surface area contributed by atoms with Gasteiger partial charge in [-0.25, -0.2) is 4.79 Å². The Morgan fingerprint density at radius 2 is 1.50 bits per heavy atom. The number of nitrogens with zero attached hydrogens (tertiary/aromatic N) is 1. The van der Waals surface area contributed by atoms with Crippen LogP contribution in [0.2, 0.25) is 0 Å². The number of nitrogens with one attached hydrogen (secondary N) is 1. The number of ketones is 2. The van der Waals surface area contributed by atoms with Crippen LogP contribution in [-0.4, -0.2) is 80.5 Å². The van der Waals surface area contributed by atoms with Gasteiger partial charge in [-0.3, -0.25) is 19.2 Å². The van der Waals surface area contributed by atoms with Gasteiger partial charge in [0, 0.05) is 39.0 Å². The number of hydrogen-bond acceptors (Lipinski definition) is 9. The van der Waals surface area contributed by atoms with E-state index in [4.69, 9.17) is 4.74 Å². The Kier molecular flexibility index (Phi) is 11.6. The van der Waals surface area contributed by atoms with E-state index in [1.165, 1.54) is 19.1 Å². The summed E-state index contributed by atoms with van der Waals surface area (Å²) >= 11 is 0. The highest BCUT2D eigenvalue weighted by Gasteiger charge is 2.37. The molecule has 2 unspecified atom stereocenters. The predicted molar refractivity (Wildman–Crippen MR) is 108 cm³/mol. The summed E-state index contributed by atoms with van der Waals surface area (Å²) in [7, 11) is 2.52. The van der Waals surface area contributed by atoms with E-state index in [1.54, 1.807) is 20.8 Å². The van der Waals surface area contributed by atoms with Crippen LogP contribution in [0.4, 0.5) is 4.79 Å². The molecule has 2 aliphatic rings. The molecule has 0 radical (unpaired) electrons. The molecule has 0 spiro atoms. The normalized spacial score (nSPS) is 21.4. The number of carbonyl (C=O) groups is 5. The first-order chi connectivity index (χ1) is 13.5. The van der Waals surface area contributed by atoms with Crippen molar-refractivity contribution in [1.82, 2.24) is 10.2 Å². The maximum Gasteiger partial charge on any atom is 0.410 e. The molecule has 10 nitrogen and oxygen atoms in total. The highest BCUT2D eigenvalue weighted by molar-refractivity contribution is 6.00. The van der Waals surface area contributed by atoms with Crippen LogP contribution in [0.1, 0.15) is 33.6 Å². The van der Waals surface area contributed by atoms with E-state index in [-0.39, 0.29) is 43.5 Å². The topological polar surface area (TPSA) is 128 Å². The van der Waals surface area contributed by atoms with Crippen molar-refractivity contribution in [2.45, 2.75) is 39.2 Å². The van der Waals surface area contributed by atoms with E-state index in [1.807, 2.05) is 0 Å². The fourth-order valence-corrected chi connectivity index (χ4v) is 2.78.